The highest BCUT2D eigenvalue weighted by atomic mass is 15.1. The molecule has 2 rings (SSSR count). The van der Waals surface area contributed by atoms with Gasteiger partial charge in [-0.05, 0) is 43.6 Å². The summed E-state index contributed by atoms with van der Waals surface area (Å²) in [6.45, 7) is 8.41. The monoisotopic (exact) mass is 167 g/mol. The lowest BCUT2D eigenvalue weighted by atomic mass is 9.77. The Kier molecular flexibility index (Phi) is 1.76. The predicted molar refractivity (Wildman–Crippen MR) is 52.1 cm³/mol. The van der Waals surface area contributed by atoms with Gasteiger partial charge < -0.3 is 5.32 Å². The summed E-state index contributed by atoms with van der Waals surface area (Å²) < 4.78 is 0. The van der Waals surface area contributed by atoms with Crippen molar-refractivity contribution in [3.05, 3.63) is 0 Å². The molecule has 1 N–H and O–H groups in total. The van der Waals surface area contributed by atoms with Gasteiger partial charge in [-0.25, -0.2) is 0 Å². The first-order valence-corrected chi connectivity index (χ1v) is 5.27. The molecule has 1 saturated heterocycles. The molecule has 2 aliphatic rings. The molecule has 0 amide bonds. The molecule has 1 heterocycles. The van der Waals surface area contributed by atoms with Crippen molar-refractivity contribution in [3.63, 3.8) is 0 Å². The number of nitrogens with one attached hydrogen (secondary N) is 1. The van der Waals surface area contributed by atoms with Crippen LogP contribution in [0.3, 0.4) is 0 Å². The van der Waals surface area contributed by atoms with Gasteiger partial charge in [0.25, 0.3) is 0 Å². The van der Waals surface area contributed by atoms with E-state index in [1.54, 1.807) is 0 Å². The molecule has 1 heteroatoms. The van der Waals surface area contributed by atoms with Crippen LogP contribution in [0.1, 0.15) is 46.5 Å². The van der Waals surface area contributed by atoms with Crippen molar-refractivity contribution in [1.82, 2.24) is 5.32 Å². The van der Waals surface area contributed by atoms with Gasteiger partial charge in [0, 0.05) is 5.54 Å². The van der Waals surface area contributed by atoms with Crippen LogP contribution in [0, 0.1) is 11.3 Å². The van der Waals surface area contributed by atoms with Crippen molar-refractivity contribution in [2.75, 3.05) is 6.54 Å². The van der Waals surface area contributed by atoms with Gasteiger partial charge in [0.05, 0.1) is 0 Å². The molecule has 2 fully saturated rings. The summed E-state index contributed by atoms with van der Waals surface area (Å²) in [5.41, 5.74) is 1.12. The van der Waals surface area contributed by atoms with Gasteiger partial charge in [0.1, 0.15) is 0 Å². The van der Waals surface area contributed by atoms with Crippen LogP contribution in [0.5, 0.6) is 0 Å². The molecule has 0 aromatic heterocycles. The third kappa shape index (κ3) is 1.28. The lowest BCUT2D eigenvalue weighted by Crippen LogP contribution is -2.55. The maximum Gasteiger partial charge on any atom is 0.0196 e. The first-order chi connectivity index (χ1) is 5.52. The van der Waals surface area contributed by atoms with Crippen molar-refractivity contribution >= 4 is 0 Å². The maximum atomic E-state index is 3.62. The minimum Gasteiger partial charge on any atom is -0.311 e. The van der Waals surface area contributed by atoms with Crippen LogP contribution < -0.4 is 5.32 Å². The van der Waals surface area contributed by atoms with Crippen molar-refractivity contribution in [3.8, 4) is 0 Å². The zero-order valence-corrected chi connectivity index (χ0v) is 8.61. The molecule has 0 aromatic rings. The van der Waals surface area contributed by atoms with Crippen LogP contribution >= 0.6 is 0 Å². The van der Waals surface area contributed by atoms with Gasteiger partial charge >= 0.3 is 0 Å². The van der Waals surface area contributed by atoms with E-state index in [1.807, 2.05) is 0 Å². The van der Waals surface area contributed by atoms with E-state index < -0.39 is 0 Å². The fourth-order valence-electron chi connectivity index (χ4n) is 2.73. The summed E-state index contributed by atoms with van der Waals surface area (Å²) in [6.07, 6.45) is 5.72. The van der Waals surface area contributed by atoms with Crippen LogP contribution in [0.4, 0.5) is 0 Å². The van der Waals surface area contributed by atoms with E-state index in [0.717, 1.165) is 5.92 Å². The topological polar surface area (TPSA) is 12.0 Å². The normalized spacial score (nSPS) is 41.8. The largest absolute Gasteiger partial charge is 0.311 e. The van der Waals surface area contributed by atoms with E-state index in [1.165, 1.54) is 32.2 Å². The summed E-state index contributed by atoms with van der Waals surface area (Å²) in [4.78, 5) is 0. The molecule has 70 valence electrons. The molecule has 0 bridgehead atoms. The highest BCUT2D eigenvalue weighted by molar-refractivity contribution is 5.04. The van der Waals surface area contributed by atoms with Gasteiger partial charge in [0.15, 0.2) is 0 Å². The summed E-state index contributed by atoms with van der Waals surface area (Å²) in [5.74, 6) is 0.949. The van der Waals surface area contributed by atoms with E-state index in [4.69, 9.17) is 0 Å². The Labute approximate surface area is 75.9 Å². The van der Waals surface area contributed by atoms with Crippen LogP contribution in [0.15, 0.2) is 0 Å². The molecule has 1 nitrogen and oxygen atoms in total. The highest BCUT2D eigenvalue weighted by Gasteiger charge is 2.46. The average molecular weight is 167 g/mol. The zero-order chi connectivity index (χ0) is 8.82. The standard InChI is InChI=1S/C11H21N/c1-10(2,3)9-4-5-11(8-9)6-7-12-11/h9,12H,4-8H2,1-3H3. The molecular formula is C11H21N. The molecule has 2 unspecified atom stereocenters. The van der Waals surface area contributed by atoms with Crippen LogP contribution in [-0.2, 0) is 0 Å². The van der Waals surface area contributed by atoms with Gasteiger partial charge in [-0.1, -0.05) is 20.8 Å². The van der Waals surface area contributed by atoms with E-state index >= 15 is 0 Å². The molecule has 1 spiro atoms. The molecule has 2 atom stereocenters. The minimum atomic E-state index is 0.529. The lowest BCUT2D eigenvalue weighted by Gasteiger charge is -2.41. The Morgan fingerprint density at radius 1 is 1.25 bits per heavy atom. The van der Waals surface area contributed by atoms with Crippen LogP contribution in [0.25, 0.3) is 0 Å². The predicted octanol–water partition coefficient (Wildman–Crippen LogP) is 2.56. The summed E-state index contributed by atoms with van der Waals surface area (Å²) in [5, 5.41) is 3.62. The van der Waals surface area contributed by atoms with E-state index in [9.17, 15) is 0 Å². The smallest absolute Gasteiger partial charge is 0.0196 e. The summed E-state index contributed by atoms with van der Waals surface area (Å²) in [7, 11) is 0. The molecule has 1 aliphatic carbocycles. The van der Waals surface area contributed by atoms with E-state index in [0.29, 0.717) is 11.0 Å². The van der Waals surface area contributed by atoms with E-state index in [2.05, 4.69) is 26.1 Å². The summed E-state index contributed by atoms with van der Waals surface area (Å²) in [6, 6.07) is 0. The number of hydrogen-bond donors (Lipinski definition) is 1. The minimum absolute atomic E-state index is 0.529. The third-order valence-corrected chi connectivity index (χ3v) is 3.94. The summed E-state index contributed by atoms with van der Waals surface area (Å²) >= 11 is 0. The van der Waals surface area contributed by atoms with Crippen molar-refractivity contribution in [2.45, 2.75) is 52.0 Å². The van der Waals surface area contributed by atoms with Crippen molar-refractivity contribution in [2.24, 2.45) is 11.3 Å². The van der Waals surface area contributed by atoms with Crippen LogP contribution in [0.2, 0.25) is 0 Å². The molecule has 1 saturated carbocycles. The first kappa shape index (κ1) is 8.55. The van der Waals surface area contributed by atoms with Crippen molar-refractivity contribution < 1.29 is 0 Å². The highest BCUT2D eigenvalue weighted by Crippen LogP contribution is 2.47. The molecule has 0 radical (unpaired) electrons. The average Bonchev–Trinajstić information content (AvgIpc) is 2.26. The first-order valence-electron chi connectivity index (χ1n) is 5.27. The molecule has 0 aromatic carbocycles. The second-order valence-corrected chi connectivity index (χ2v) is 5.76. The third-order valence-electron chi connectivity index (χ3n) is 3.94. The Morgan fingerprint density at radius 3 is 2.17 bits per heavy atom. The van der Waals surface area contributed by atoms with Gasteiger partial charge in [-0.3, -0.25) is 0 Å². The SMILES string of the molecule is CC(C)(C)C1CCC2(CCN2)C1. The maximum absolute atomic E-state index is 3.62. The Hall–Kier alpha value is -0.0400. The molecule has 1 aliphatic heterocycles. The number of rotatable bonds is 0. The van der Waals surface area contributed by atoms with Gasteiger partial charge in [-0.15, -0.1) is 0 Å². The van der Waals surface area contributed by atoms with Crippen molar-refractivity contribution in [1.29, 1.82) is 0 Å². The second kappa shape index (κ2) is 2.47. The zero-order valence-electron chi connectivity index (χ0n) is 8.61. The van der Waals surface area contributed by atoms with Gasteiger partial charge in [0.2, 0.25) is 0 Å². The Balaban J connectivity index is 1.98. The fraction of sp³-hybridized carbons (Fsp3) is 1.00. The number of hydrogen-bond acceptors (Lipinski definition) is 1. The molecular weight excluding hydrogens is 146 g/mol. The fourth-order valence-corrected chi connectivity index (χ4v) is 2.73. The quantitative estimate of drug-likeness (QED) is 0.584. The van der Waals surface area contributed by atoms with E-state index in [-0.39, 0.29) is 0 Å². The lowest BCUT2D eigenvalue weighted by molar-refractivity contribution is 0.175. The van der Waals surface area contributed by atoms with Gasteiger partial charge in [-0.2, -0.15) is 0 Å². The van der Waals surface area contributed by atoms with Crippen LogP contribution in [-0.4, -0.2) is 12.1 Å². The molecule has 12 heavy (non-hydrogen) atoms. The Bertz CT molecular complexity index is 174. The Morgan fingerprint density at radius 2 is 1.92 bits per heavy atom. The second-order valence-electron chi connectivity index (χ2n) is 5.76.